The second-order valence-electron chi connectivity index (χ2n) is 5.04. The van der Waals surface area contributed by atoms with Crippen molar-refractivity contribution in [2.45, 2.75) is 12.3 Å². The number of halogens is 3. The first-order valence-electron chi connectivity index (χ1n) is 7.12. The predicted molar refractivity (Wildman–Crippen MR) is 83.5 cm³/mol. The Morgan fingerprint density at radius 1 is 1.08 bits per heavy atom. The highest BCUT2D eigenvalue weighted by Gasteiger charge is 2.30. The lowest BCUT2D eigenvalue weighted by Gasteiger charge is -2.11. The molecule has 128 valence electrons. The average Bonchev–Trinajstić information content (AvgIpc) is 2.54. The maximum absolute atomic E-state index is 12.4. The van der Waals surface area contributed by atoms with Crippen LogP contribution in [0.4, 0.5) is 13.2 Å². The van der Waals surface area contributed by atoms with E-state index < -0.39 is 17.8 Å². The predicted octanol–water partition coefficient (Wildman–Crippen LogP) is 3.27. The van der Waals surface area contributed by atoms with Gasteiger partial charge in [-0.3, -0.25) is 4.99 Å². The van der Waals surface area contributed by atoms with E-state index in [1.807, 2.05) is 0 Å². The Balaban J connectivity index is 1.81. The highest BCUT2D eigenvalue weighted by atomic mass is 19.4. The maximum Gasteiger partial charge on any atom is 0.416 e. The van der Waals surface area contributed by atoms with E-state index in [2.05, 4.69) is 4.99 Å². The van der Waals surface area contributed by atoms with Gasteiger partial charge in [-0.15, -0.1) is 0 Å². The van der Waals surface area contributed by atoms with E-state index in [0.29, 0.717) is 5.56 Å². The molecule has 0 spiro atoms. The third-order valence-electron chi connectivity index (χ3n) is 3.11. The van der Waals surface area contributed by atoms with Gasteiger partial charge in [-0.05, 0) is 36.4 Å². The number of para-hydroxylation sites is 1. The molecule has 2 aromatic rings. The molecule has 4 nitrogen and oxygen atoms in total. The number of hydrogen-bond donors (Lipinski definition) is 2. The minimum atomic E-state index is -4.39. The van der Waals surface area contributed by atoms with Crippen LogP contribution < -0.4 is 4.74 Å². The van der Waals surface area contributed by atoms with Crippen molar-refractivity contribution >= 4 is 6.21 Å². The summed E-state index contributed by atoms with van der Waals surface area (Å²) in [5.74, 6) is 0.309. The molecule has 0 bridgehead atoms. The van der Waals surface area contributed by atoms with Gasteiger partial charge >= 0.3 is 6.18 Å². The molecule has 0 fully saturated rings. The molecular weight excluding hydrogens is 323 g/mol. The van der Waals surface area contributed by atoms with Gasteiger partial charge in [0.05, 0.1) is 12.1 Å². The van der Waals surface area contributed by atoms with Crippen molar-refractivity contribution in [2.24, 2.45) is 4.99 Å². The summed E-state index contributed by atoms with van der Waals surface area (Å²) in [6.45, 7) is -0.0710. The molecule has 1 atom stereocenters. The monoisotopic (exact) mass is 339 g/mol. The van der Waals surface area contributed by atoms with E-state index in [1.54, 1.807) is 18.2 Å². The molecule has 0 heterocycles. The molecule has 24 heavy (non-hydrogen) atoms. The number of rotatable bonds is 6. The van der Waals surface area contributed by atoms with Crippen LogP contribution in [0, 0.1) is 0 Å². The minimum Gasteiger partial charge on any atom is -0.507 e. The molecule has 2 rings (SSSR count). The number of aliphatic hydroxyl groups excluding tert-OH is 1. The van der Waals surface area contributed by atoms with Crippen LogP contribution in [0.2, 0.25) is 0 Å². The maximum atomic E-state index is 12.4. The third kappa shape index (κ3) is 5.27. The van der Waals surface area contributed by atoms with Gasteiger partial charge in [0, 0.05) is 11.8 Å². The first-order chi connectivity index (χ1) is 11.4. The molecule has 2 N–H and O–H groups in total. The zero-order chi connectivity index (χ0) is 17.6. The Morgan fingerprint density at radius 3 is 2.38 bits per heavy atom. The number of aliphatic hydroxyl groups is 1. The number of aromatic hydroxyl groups is 1. The molecule has 0 aliphatic heterocycles. The number of benzene rings is 2. The van der Waals surface area contributed by atoms with Crippen LogP contribution in [0.1, 0.15) is 11.1 Å². The number of phenolic OH excluding ortho intramolecular Hbond substituents is 1. The second-order valence-corrected chi connectivity index (χ2v) is 5.04. The zero-order valence-corrected chi connectivity index (χ0v) is 12.6. The smallest absolute Gasteiger partial charge is 0.416 e. The molecule has 0 saturated carbocycles. The van der Waals surface area contributed by atoms with E-state index in [1.165, 1.54) is 24.4 Å². The van der Waals surface area contributed by atoms with Crippen LogP contribution in [-0.2, 0) is 6.18 Å². The highest BCUT2D eigenvalue weighted by molar-refractivity contribution is 5.83. The van der Waals surface area contributed by atoms with Crippen molar-refractivity contribution < 1.29 is 28.1 Å². The molecule has 7 heteroatoms. The minimum absolute atomic E-state index is 0.0367. The fourth-order valence-corrected chi connectivity index (χ4v) is 1.85. The molecular formula is C17H16F3NO3. The lowest BCUT2D eigenvalue weighted by Crippen LogP contribution is -2.20. The van der Waals surface area contributed by atoms with Crippen LogP contribution in [-0.4, -0.2) is 35.7 Å². The Bertz CT molecular complexity index is 684. The average molecular weight is 339 g/mol. The lowest BCUT2D eigenvalue weighted by atomic mass is 10.2. The quantitative estimate of drug-likeness (QED) is 0.794. The van der Waals surface area contributed by atoms with Gasteiger partial charge in [0.2, 0.25) is 0 Å². The molecule has 0 aliphatic rings. The summed E-state index contributed by atoms with van der Waals surface area (Å²) in [7, 11) is 0. The van der Waals surface area contributed by atoms with Crippen molar-refractivity contribution in [1.82, 2.24) is 0 Å². The number of alkyl halides is 3. The fourth-order valence-electron chi connectivity index (χ4n) is 1.85. The normalized spacial score (nSPS) is 13.2. The SMILES string of the molecule is Oc1ccccc1C=NCC(O)COc1ccc(C(F)(F)F)cc1. The number of phenols is 1. The summed E-state index contributed by atoms with van der Waals surface area (Å²) >= 11 is 0. The summed E-state index contributed by atoms with van der Waals surface area (Å²) in [6, 6.07) is 10.8. The van der Waals surface area contributed by atoms with Crippen LogP contribution in [0.25, 0.3) is 0 Å². The second kappa shape index (κ2) is 7.83. The standard InChI is InChI=1S/C17H16F3NO3/c18-17(19,20)13-5-7-15(8-6-13)24-11-14(22)10-21-9-12-3-1-2-4-16(12)23/h1-9,14,22-23H,10-11H2. The molecule has 0 saturated heterocycles. The summed E-state index contributed by atoms with van der Waals surface area (Å²) in [6.07, 6.45) is -3.89. The van der Waals surface area contributed by atoms with Crippen molar-refractivity contribution in [1.29, 1.82) is 0 Å². The van der Waals surface area contributed by atoms with Crippen LogP contribution in [0.5, 0.6) is 11.5 Å². The van der Waals surface area contributed by atoms with Gasteiger partial charge in [-0.1, -0.05) is 12.1 Å². The largest absolute Gasteiger partial charge is 0.507 e. The zero-order valence-electron chi connectivity index (χ0n) is 12.6. The van der Waals surface area contributed by atoms with Gasteiger partial charge in [-0.25, -0.2) is 0 Å². The Hall–Kier alpha value is -2.54. The van der Waals surface area contributed by atoms with E-state index in [-0.39, 0.29) is 24.7 Å². The first-order valence-corrected chi connectivity index (χ1v) is 7.12. The molecule has 0 aromatic heterocycles. The van der Waals surface area contributed by atoms with E-state index in [9.17, 15) is 23.4 Å². The molecule has 1 unspecified atom stereocenters. The van der Waals surface area contributed by atoms with E-state index >= 15 is 0 Å². The van der Waals surface area contributed by atoms with Crippen molar-refractivity contribution in [3.05, 3.63) is 59.7 Å². The molecule has 2 aromatic carbocycles. The van der Waals surface area contributed by atoms with Gasteiger partial charge in [-0.2, -0.15) is 13.2 Å². The molecule has 0 radical (unpaired) electrons. The van der Waals surface area contributed by atoms with Crippen LogP contribution >= 0.6 is 0 Å². The number of hydrogen-bond acceptors (Lipinski definition) is 4. The summed E-state index contributed by atoms with van der Waals surface area (Å²) in [5.41, 5.74) is -0.240. The number of ether oxygens (including phenoxy) is 1. The van der Waals surface area contributed by atoms with E-state index in [0.717, 1.165) is 12.1 Å². The molecule has 0 aliphatic carbocycles. The van der Waals surface area contributed by atoms with Gasteiger partial charge in [0.25, 0.3) is 0 Å². The number of nitrogens with zero attached hydrogens (tertiary/aromatic N) is 1. The van der Waals surface area contributed by atoms with Gasteiger partial charge in [0.15, 0.2) is 0 Å². The van der Waals surface area contributed by atoms with Crippen molar-refractivity contribution in [3.8, 4) is 11.5 Å². The highest BCUT2D eigenvalue weighted by Crippen LogP contribution is 2.30. The third-order valence-corrected chi connectivity index (χ3v) is 3.11. The summed E-state index contributed by atoms with van der Waals surface area (Å²) in [4.78, 5) is 4.00. The van der Waals surface area contributed by atoms with E-state index in [4.69, 9.17) is 4.74 Å². The topological polar surface area (TPSA) is 62.1 Å². The Morgan fingerprint density at radius 2 is 1.75 bits per heavy atom. The van der Waals surface area contributed by atoms with Crippen LogP contribution in [0.15, 0.2) is 53.5 Å². The first kappa shape index (κ1) is 17.8. The molecule has 0 amide bonds. The summed E-state index contributed by atoms with van der Waals surface area (Å²) in [5, 5.41) is 19.3. The lowest BCUT2D eigenvalue weighted by molar-refractivity contribution is -0.137. The number of aliphatic imine (C=N–C) groups is 1. The summed E-state index contributed by atoms with van der Waals surface area (Å²) < 4.78 is 42.5. The van der Waals surface area contributed by atoms with Gasteiger partial charge in [0.1, 0.15) is 24.2 Å². The van der Waals surface area contributed by atoms with Gasteiger partial charge < -0.3 is 14.9 Å². The van der Waals surface area contributed by atoms with Crippen LogP contribution in [0.3, 0.4) is 0 Å². The Kier molecular flexibility index (Phi) is 5.81. The van der Waals surface area contributed by atoms with Crippen molar-refractivity contribution in [3.63, 3.8) is 0 Å². The Labute approximate surface area is 136 Å². The van der Waals surface area contributed by atoms with Crippen molar-refractivity contribution in [2.75, 3.05) is 13.2 Å². The fraction of sp³-hybridized carbons (Fsp3) is 0.235.